The number of hydrogen-bond acceptors (Lipinski definition) is 5. The van der Waals surface area contributed by atoms with Gasteiger partial charge in [-0.25, -0.2) is 15.0 Å². The van der Waals surface area contributed by atoms with E-state index in [1.54, 1.807) is 6.20 Å². The molecular formula is C50H31N5O. The normalized spacial score (nSPS) is 11.6. The molecule has 0 aliphatic heterocycles. The van der Waals surface area contributed by atoms with Crippen LogP contribution in [0.1, 0.15) is 0 Å². The number of hydrogen-bond donors (Lipinski definition) is 0. The van der Waals surface area contributed by atoms with Crippen LogP contribution in [0.5, 0.6) is 0 Å². The zero-order valence-electron chi connectivity index (χ0n) is 30.0. The number of furan rings is 1. The van der Waals surface area contributed by atoms with Crippen molar-refractivity contribution in [3.8, 4) is 62.1 Å². The molecule has 0 amide bonds. The van der Waals surface area contributed by atoms with Gasteiger partial charge in [-0.05, 0) is 53.1 Å². The van der Waals surface area contributed by atoms with Crippen molar-refractivity contribution in [1.82, 2.24) is 24.5 Å². The van der Waals surface area contributed by atoms with Gasteiger partial charge < -0.3 is 8.98 Å². The lowest BCUT2D eigenvalue weighted by Crippen LogP contribution is -2.01. The Bertz CT molecular complexity index is 3200. The molecule has 0 atom stereocenters. The van der Waals surface area contributed by atoms with Crippen LogP contribution in [0.25, 0.3) is 106 Å². The van der Waals surface area contributed by atoms with Crippen LogP contribution in [0, 0.1) is 0 Å². The molecule has 6 heteroatoms. The van der Waals surface area contributed by atoms with Crippen molar-refractivity contribution >= 4 is 43.7 Å². The average Bonchev–Trinajstić information content (AvgIpc) is 3.83. The Morgan fingerprint density at radius 2 is 0.964 bits per heavy atom. The van der Waals surface area contributed by atoms with E-state index in [1.165, 1.54) is 10.8 Å². The lowest BCUT2D eigenvalue weighted by molar-refractivity contribution is 0.669. The topological polar surface area (TPSA) is 69.6 Å². The lowest BCUT2D eigenvalue weighted by Gasteiger charge is -2.12. The summed E-state index contributed by atoms with van der Waals surface area (Å²) >= 11 is 0. The Labute approximate surface area is 322 Å². The van der Waals surface area contributed by atoms with Gasteiger partial charge >= 0.3 is 0 Å². The first-order valence-corrected chi connectivity index (χ1v) is 18.6. The zero-order valence-corrected chi connectivity index (χ0v) is 30.0. The first kappa shape index (κ1) is 31.8. The molecule has 6 nitrogen and oxygen atoms in total. The van der Waals surface area contributed by atoms with Crippen LogP contribution < -0.4 is 0 Å². The number of para-hydroxylation sites is 3. The standard InChI is InChI=1S/C50H31N5O/c1-2-11-32(12-3-1)35-13-8-14-36(29-35)49-52-48(34-25-23-33(24-26-34)39-19-10-20-42-43-31-51-28-27-46(43)56-47(39)42)53-50(54-49)37-15-9-16-38(30-37)55-44-21-6-4-17-40(44)41-18-5-7-22-45(41)55/h1-31H. The molecule has 56 heavy (non-hydrogen) atoms. The molecule has 0 saturated carbocycles. The largest absolute Gasteiger partial charge is 0.455 e. The predicted octanol–water partition coefficient (Wildman–Crippen LogP) is 12.6. The maximum Gasteiger partial charge on any atom is 0.164 e. The minimum absolute atomic E-state index is 0.594. The molecule has 11 aromatic rings. The maximum absolute atomic E-state index is 6.33. The third-order valence-electron chi connectivity index (χ3n) is 10.6. The summed E-state index contributed by atoms with van der Waals surface area (Å²) in [5, 5.41) is 4.48. The molecule has 0 aliphatic carbocycles. The van der Waals surface area contributed by atoms with Crippen LogP contribution in [0.2, 0.25) is 0 Å². The Hall–Kier alpha value is -7.70. The van der Waals surface area contributed by atoms with Crippen molar-refractivity contribution in [3.05, 3.63) is 188 Å². The minimum atomic E-state index is 0.594. The van der Waals surface area contributed by atoms with Crippen LogP contribution in [-0.4, -0.2) is 24.5 Å². The predicted molar refractivity (Wildman–Crippen MR) is 226 cm³/mol. The van der Waals surface area contributed by atoms with Crippen molar-refractivity contribution < 1.29 is 4.42 Å². The molecule has 0 N–H and O–H groups in total. The van der Waals surface area contributed by atoms with Crippen molar-refractivity contribution in [2.45, 2.75) is 0 Å². The van der Waals surface area contributed by atoms with Crippen LogP contribution in [0.4, 0.5) is 0 Å². The fourth-order valence-electron chi connectivity index (χ4n) is 7.88. The van der Waals surface area contributed by atoms with E-state index in [0.717, 1.165) is 77.6 Å². The molecule has 0 spiro atoms. The highest BCUT2D eigenvalue weighted by atomic mass is 16.3. The van der Waals surface area contributed by atoms with Gasteiger partial charge in [0.05, 0.1) is 11.0 Å². The number of pyridine rings is 1. The number of nitrogens with zero attached hydrogens (tertiary/aromatic N) is 5. The van der Waals surface area contributed by atoms with Crippen molar-refractivity contribution in [1.29, 1.82) is 0 Å². The second kappa shape index (κ2) is 13.0. The maximum atomic E-state index is 6.33. The monoisotopic (exact) mass is 717 g/mol. The molecule has 7 aromatic carbocycles. The molecule has 0 saturated heterocycles. The summed E-state index contributed by atoms with van der Waals surface area (Å²) in [6, 6.07) is 60.9. The number of rotatable bonds is 6. The van der Waals surface area contributed by atoms with Gasteiger partial charge in [0.1, 0.15) is 11.2 Å². The van der Waals surface area contributed by atoms with Gasteiger partial charge in [-0.15, -0.1) is 0 Å². The highest BCUT2D eigenvalue weighted by Gasteiger charge is 2.17. The summed E-state index contributed by atoms with van der Waals surface area (Å²) in [6.45, 7) is 0. The molecule has 0 radical (unpaired) electrons. The molecule has 4 aromatic heterocycles. The molecule has 262 valence electrons. The van der Waals surface area contributed by atoms with E-state index in [4.69, 9.17) is 19.4 Å². The third kappa shape index (κ3) is 5.35. The zero-order chi connectivity index (χ0) is 37.0. The number of fused-ring (bicyclic) bond motifs is 6. The highest BCUT2D eigenvalue weighted by Crippen LogP contribution is 2.37. The van der Waals surface area contributed by atoms with Gasteiger partial charge in [-0.3, -0.25) is 4.98 Å². The van der Waals surface area contributed by atoms with E-state index in [1.807, 2.05) is 18.3 Å². The Balaban J connectivity index is 1.05. The van der Waals surface area contributed by atoms with E-state index in [2.05, 4.69) is 173 Å². The van der Waals surface area contributed by atoms with Crippen molar-refractivity contribution in [2.75, 3.05) is 0 Å². The molecule has 0 aliphatic rings. The summed E-state index contributed by atoms with van der Waals surface area (Å²) in [4.78, 5) is 19.7. The van der Waals surface area contributed by atoms with Gasteiger partial charge in [-0.2, -0.15) is 0 Å². The van der Waals surface area contributed by atoms with E-state index in [-0.39, 0.29) is 0 Å². The molecule has 0 fully saturated rings. The summed E-state index contributed by atoms with van der Waals surface area (Å²) in [5.74, 6) is 1.80. The summed E-state index contributed by atoms with van der Waals surface area (Å²) in [7, 11) is 0. The molecular weight excluding hydrogens is 687 g/mol. The fraction of sp³-hybridized carbons (Fsp3) is 0. The summed E-state index contributed by atoms with van der Waals surface area (Å²) in [6.07, 6.45) is 3.62. The van der Waals surface area contributed by atoms with Crippen molar-refractivity contribution in [2.24, 2.45) is 0 Å². The van der Waals surface area contributed by atoms with Crippen LogP contribution in [0.3, 0.4) is 0 Å². The van der Waals surface area contributed by atoms with E-state index >= 15 is 0 Å². The van der Waals surface area contributed by atoms with Gasteiger partial charge in [0.25, 0.3) is 0 Å². The van der Waals surface area contributed by atoms with Gasteiger partial charge in [0.2, 0.25) is 0 Å². The van der Waals surface area contributed by atoms with Crippen LogP contribution in [-0.2, 0) is 0 Å². The summed E-state index contributed by atoms with van der Waals surface area (Å²) in [5.41, 5.74) is 12.0. The Morgan fingerprint density at radius 1 is 0.393 bits per heavy atom. The van der Waals surface area contributed by atoms with E-state index in [0.29, 0.717) is 17.5 Å². The van der Waals surface area contributed by atoms with Crippen molar-refractivity contribution in [3.63, 3.8) is 0 Å². The lowest BCUT2D eigenvalue weighted by atomic mass is 10.0. The SMILES string of the molecule is c1ccc(-c2cccc(-c3nc(-c4ccc(-c5cccc6c5oc5ccncc56)cc4)nc(-c4cccc(-n5c6ccccc6c6ccccc65)c4)n3)c2)cc1. The van der Waals surface area contributed by atoms with Crippen LogP contribution >= 0.6 is 0 Å². The second-order valence-electron chi connectivity index (χ2n) is 13.9. The second-order valence-corrected chi connectivity index (χ2v) is 13.9. The Kier molecular flexibility index (Phi) is 7.38. The molecule has 4 heterocycles. The highest BCUT2D eigenvalue weighted by molar-refractivity contribution is 6.10. The van der Waals surface area contributed by atoms with E-state index in [9.17, 15) is 0 Å². The first-order chi connectivity index (χ1) is 27.7. The average molecular weight is 718 g/mol. The Morgan fingerprint density at radius 3 is 1.71 bits per heavy atom. The van der Waals surface area contributed by atoms with Gasteiger partial charge in [0.15, 0.2) is 17.5 Å². The summed E-state index contributed by atoms with van der Waals surface area (Å²) < 4.78 is 8.65. The first-order valence-electron chi connectivity index (χ1n) is 18.6. The minimum Gasteiger partial charge on any atom is -0.455 e. The number of aromatic nitrogens is 5. The van der Waals surface area contributed by atoms with Gasteiger partial charge in [-0.1, -0.05) is 140 Å². The molecule has 0 unspecified atom stereocenters. The quantitative estimate of drug-likeness (QED) is 0.171. The van der Waals surface area contributed by atoms with E-state index < -0.39 is 0 Å². The fourth-order valence-corrected chi connectivity index (χ4v) is 7.88. The van der Waals surface area contributed by atoms with Gasteiger partial charge in [0, 0.05) is 61.9 Å². The molecule has 0 bridgehead atoms. The number of benzene rings is 7. The third-order valence-corrected chi connectivity index (χ3v) is 10.6. The smallest absolute Gasteiger partial charge is 0.164 e. The molecule has 11 rings (SSSR count). The van der Waals surface area contributed by atoms with Crippen LogP contribution in [0.15, 0.2) is 193 Å².